The summed E-state index contributed by atoms with van der Waals surface area (Å²) in [6, 6.07) is 8.34. The summed E-state index contributed by atoms with van der Waals surface area (Å²) < 4.78 is 5.62. The lowest BCUT2D eigenvalue weighted by Gasteiger charge is -2.19. The highest BCUT2D eigenvalue weighted by Crippen LogP contribution is 2.45. The molecule has 1 aromatic carbocycles. The lowest BCUT2D eigenvalue weighted by molar-refractivity contribution is -0.122. The quantitative estimate of drug-likeness (QED) is 0.771. The van der Waals surface area contributed by atoms with E-state index in [0.29, 0.717) is 6.61 Å². The Labute approximate surface area is 167 Å². The molecular weight excluding hydrogens is 356 g/mol. The number of hydrogen-bond acceptors (Lipinski definition) is 4. The number of nitrogens with two attached hydrogens (primary N) is 1. The number of nitrogens with zero attached hydrogens (tertiary/aromatic N) is 1. The fourth-order valence-electron chi connectivity index (χ4n) is 3.54. The van der Waals surface area contributed by atoms with Crippen molar-refractivity contribution in [2.45, 2.75) is 25.7 Å². The molecule has 6 heteroatoms. The summed E-state index contributed by atoms with van der Waals surface area (Å²) >= 11 is 0. The number of hydrogen-bond donors (Lipinski definition) is 2. The van der Waals surface area contributed by atoms with Crippen LogP contribution in [0.25, 0.3) is 5.57 Å². The number of ether oxygens (including phenoxy) is 1. The molecule has 0 aromatic heterocycles. The van der Waals surface area contributed by atoms with Crippen LogP contribution in [0, 0.1) is 0 Å². The second-order valence-corrected chi connectivity index (χ2v) is 6.08. The predicted octanol–water partition coefficient (Wildman–Crippen LogP) is 3.81. The van der Waals surface area contributed by atoms with E-state index in [4.69, 9.17) is 14.6 Å². The molecule has 1 fully saturated rings. The molecule has 1 aliphatic carbocycles. The average molecular weight is 386 g/mol. The summed E-state index contributed by atoms with van der Waals surface area (Å²) in [7, 11) is 1.50. The molecule has 1 saturated heterocycles. The van der Waals surface area contributed by atoms with Gasteiger partial charge in [-0.15, -0.1) is 0 Å². The topological polar surface area (TPSA) is 92.9 Å². The zero-order valence-electron chi connectivity index (χ0n) is 16.6. The number of benzene rings is 1. The van der Waals surface area contributed by atoms with Crippen LogP contribution >= 0.6 is 0 Å². The Morgan fingerprint density at radius 3 is 2.50 bits per heavy atom. The summed E-state index contributed by atoms with van der Waals surface area (Å²) in [5.74, 6) is 0.0851. The normalized spacial score (nSPS) is 19.8. The molecule has 2 aliphatic rings. The zero-order valence-corrected chi connectivity index (χ0v) is 16.6. The fourth-order valence-corrected chi connectivity index (χ4v) is 3.54. The molecule has 1 unspecified atom stereocenters. The van der Waals surface area contributed by atoms with Gasteiger partial charge in [0.15, 0.2) is 0 Å². The highest BCUT2D eigenvalue weighted by atomic mass is 16.6. The molecule has 3 rings (SSSR count). The zero-order chi connectivity index (χ0) is 20.9. The van der Waals surface area contributed by atoms with Crippen molar-refractivity contribution in [3.8, 4) is 0 Å². The van der Waals surface area contributed by atoms with Crippen molar-refractivity contribution >= 4 is 18.1 Å². The molecule has 152 valence electrons. The molecule has 3 N–H and O–H groups in total. The van der Waals surface area contributed by atoms with Gasteiger partial charge in [-0.1, -0.05) is 49.1 Å². The summed E-state index contributed by atoms with van der Waals surface area (Å²) in [5.41, 5.74) is 9.34. The van der Waals surface area contributed by atoms with Gasteiger partial charge in [-0.05, 0) is 49.1 Å². The van der Waals surface area contributed by atoms with Crippen LogP contribution < -0.4 is 5.73 Å². The Balaban J connectivity index is 0.000000717. The van der Waals surface area contributed by atoms with E-state index in [9.17, 15) is 4.79 Å². The number of rotatable bonds is 3. The van der Waals surface area contributed by atoms with Crippen molar-refractivity contribution in [2.75, 3.05) is 26.7 Å². The summed E-state index contributed by atoms with van der Waals surface area (Å²) in [5, 5.41) is 6.89. The maximum Gasteiger partial charge on any atom is 0.409 e. The highest BCUT2D eigenvalue weighted by molar-refractivity contribution is 5.88. The van der Waals surface area contributed by atoms with Crippen molar-refractivity contribution in [1.82, 2.24) is 4.90 Å². The summed E-state index contributed by atoms with van der Waals surface area (Å²) in [6.07, 6.45) is 7.92. The monoisotopic (exact) mass is 386 g/mol. The average Bonchev–Trinajstić information content (AvgIpc) is 3.35. The molecule has 0 saturated carbocycles. The Hall–Kier alpha value is -2.86. The minimum atomic E-state index is -0.250. The molecule has 0 radical (unpaired) electrons. The van der Waals surface area contributed by atoms with Crippen molar-refractivity contribution < 1.29 is 19.4 Å². The third-order valence-corrected chi connectivity index (χ3v) is 4.64. The number of carbonyl (C=O) groups excluding carboxylic acids is 1. The van der Waals surface area contributed by atoms with Crippen molar-refractivity contribution in [1.29, 1.82) is 0 Å². The Kier molecular flexibility index (Phi) is 10.4. The van der Waals surface area contributed by atoms with Crippen LogP contribution in [0.2, 0.25) is 0 Å². The number of likely N-dealkylation sites (tertiary alicyclic amines) is 1. The van der Waals surface area contributed by atoms with Crippen LogP contribution in [0.3, 0.4) is 0 Å². The number of fused-ring (bicyclic) bond motifs is 1. The number of carboxylic acid groups (broad SMARTS) is 1. The van der Waals surface area contributed by atoms with E-state index in [2.05, 4.69) is 30.5 Å². The van der Waals surface area contributed by atoms with E-state index >= 15 is 0 Å². The first kappa shape index (κ1) is 23.2. The molecule has 0 spiro atoms. The molecule has 1 atom stereocenters. The third kappa shape index (κ3) is 5.57. The van der Waals surface area contributed by atoms with Crippen LogP contribution in [-0.4, -0.2) is 49.3 Å². The van der Waals surface area contributed by atoms with E-state index in [1.54, 1.807) is 11.0 Å². The molecule has 6 nitrogen and oxygen atoms in total. The second-order valence-electron chi connectivity index (χ2n) is 6.08. The number of amides is 1. The molecule has 1 aromatic rings. The van der Waals surface area contributed by atoms with Crippen molar-refractivity contribution in [3.05, 3.63) is 65.8 Å². The van der Waals surface area contributed by atoms with E-state index in [-0.39, 0.29) is 18.5 Å². The minimum absolute atomic E-state index is 0.0851. The van der Waals surface area contributed by atoms with Crippen LogP contribution in [0.15, 0.2) is 54.6 Å². The van der Waals surface area contributed by atoms with E-state index in [0.717, 1.165) is 25.9 Å². The largest absolute Gasteiger partial charge is 0.483 e. The van der Waals surface area contributed by atoms with Gasteiger partial charge < -0.3 is 20.5 Å². The molecule has 0 bridgehead atoms. The third-order valence-electron chi connectivity index (χ3n) is 4.64. The fraction of sp³-hybridized carbons (Fsp3) is 0.364. The lowest BCUT2D eigenvalue weighted by atomic mass is 9.97. The van der Waals surface area contributed by atoms with Gasteiger partial charge in [-0.25, -0.2) is 4.79 Å². The van der Waals surface area contributed by atoms with Crippen LogP contribution in [-0.2, 0) is 9.53 Å². The summed E-state index contributed by atoms with van der Waals surface area (Å²) in [4.78, 5) is 22.3. The SMILES string of the molecule is C=C/C=C1\C(=C/C)c2ccccc2C1COC(=O)N1CCCC1.CN.O=CO. The van der Waals surface area contributed by atoms with E-state index in [1.807, 2.05) is 25.1 Å². The van der Waals surface area contributed by atoms with Crippen molar-refractivity contribution in [3.63, 3.8) is 0 Å². The van der Waals surface area contributed by atoms with Gasteiger partial charge >= 0.3 is 6.09 Å². The first-order chi connectivity index (χ1) is 13.7. The summed E-state index contributed by atoms with van der Waals surface area (Å²) in [6.45, 7) is 7.63. The maximum atomic E-state index is 12.2. The van der Waals surface area contributed by atoms with Gasteiger partial charge in [0.1, 0.15) is 6.61 Å². The maximum absolute atomic E-state index is 12.2. The molecule has 1 amide bonds. The van der Waals surface area contributed by atoms with Crippen molar-refractivity contribution in [2.24, 2.45) is 5.73 Å². The van der Waals surface area contributed by atoms with Crippen LogP contribution in [0.5, 0.6) is 0 Å². The van der Waals surface area contributed by atoms with Gasteiger partial charge in [0.25, 0.3) is 6.47 Å². The first-order valence-corrected chi connectivity index (χ1v) is 9.33. The van der Waals surface area contributed by atoms with Gasteiger partial charge in [0, 0.05) is 19.0 Å². The molecule has 1 heterocycles. The molecular formula is C22H30N2O4. The lowest BCUT2D eigenvalue weighted by Crippen LogP contribution is -2.29. The Morgan fingerprint density at radius 2 is 1.93 bits per heavy atom. The van der Waals surface area contributed by atoms with Gasteiger partial charge in [0.05, 0.1) is 0 Å². The predicted molar refractivity (Wildman–Crippen MR) is 112 cm³/mol. The molecule has 28 heavy (non-hydrogen) atoms. The standard InChI is InChI=1S/C20H23NO2.CH5N.CH2O2/c1-3-9-16-15(4-2)17-10-5-6-11-18(17)19(16)14-23-20(22)21-12-7-8-13-21;1-2;2-1-3/h3-6,9-11,19H,1,7-8,12-14H2,2H3;2H2,1H3;1H,(H,2,3)/b15-4+,16-9+;;. The van der Waals surface area contributed by atoms with Crippen LogP contribution in [0.4, 0.5) is 4.79 Å². The van der Waals surface area contributed by atoms with Gasteiger partial charge in [-0.3, -0.25) is 4.79 Å². The molecule has 1 aliphatic heterocycles. The Morgan fingerprint density at radius 1 is 1.32 bits per heavy atom. The van der Waals surface area contributed by atoms with Crippen LogP contribution in [0.1, 0.15) is 36.8 Å². The van der Waals surface area contributed by atoms with E-state index < -0.39 is 0 Å². The smallest absolute Gasteiger partial charge is 0.409 e. The first-order valence-electron chi connectivity index (χ1n) is 9.33. The number of allylic oxidation sites excluding steroid dienone is 4. The van der Waals surface area contributed by atoms with E-state index in [1.165, 1.54) is 29.3 Å². The number of carbonyl (C=O) groups is 2. The van der Waals surface area contributed by atoms with Gasteiger partial charge in [0.2, 0.25) is 0 Å². The van der Waals surface area contributed by atoms with Gasteiger partial charge in [-0.2, -0.15) is 0 Å². The second kappa shape index (κ2) is 12.5. The highest BCUT2D eigenvalue weighted by Gasteiger charge is 2.32. The Bertz CT molecular complexity index is 719. The minimum Gasteiger partial charge on any atom is -0.483 e.